The molecule has 0 radical (unpaired) electrons. The minimum absolute atomic E-state index is 0.505. The maximum Gasteiger partial charge on any atom is 0.104 e. The molecule has 0 spiro atoms. The average molecular weight is 218 g/mol. The fraction of sp³-hybridized carbons (Fsp3) is 1.00. The van der Waals surface area contributed by atoms with Gasteiger partial charge in [0.15, 0.2) is 0 Å². The fourth-order valence-electron chi connectivity index (χ4n) is 2.33. The van der Waals surface area contributed by atoms with Crippen LogP contribution < -0.4 is 0 Å². The highest BCUT2D eigenvalue weighted by Gasteiger charge is 2.21. The molecule has 3 heteroatoms. The van der Waals surface area contributed by atoms with Crippen LogP contribution in [0.5, 0.6) is 0 Å². The minimum Gasteiger partial charge on any atom is -0.350 e. The third kappa shape index (κ3) is 3.96. The summed E-state index contributed by atoms with van der Waals surface area (Å²) in [5.74, 6) is 0. The lowest BCUT2D eigenvalue weighted by molar-refractivity contribution is 0.661. The Bertz CT molecular complexity index is 99.5. The highest BCUT2D eigenvalue weighted by molar-refractivity contribution is 6.72. The van der Waals surface area contributed by atoms with E-state index in [9.17, 15) is 0 Å². The van der Waals surface area contributed by atoms with Gasteiger partial charge in [-0.05, 0) is 6.54 Å². The van der Waals surface area contributed by atoms with Crippen molar-refractivity contribution in [3.05, 3.63) is 0 Å². The summed E-state index contributed by atoms with van der Waals surface area (Å²) in [6.45, 7) is 13.2. The second kappa shape index (κ2) is 7.77. The second-order valence-electron chi connectivity index (χ2n) is 3.77. The topological polar surface area (TPSA) is 3.24 Å². The van der Waals surface area contributed by atoms with Gasteiger partial charge in [-0.3, -0.25) is 0 Å². The Hall–Kier alpha value is 0.394. The van der Waals surface area contributed by atoms with Crippen LogP contribution in [0.3, 0.4) is 0 Å². The maximum absolute atomic E-state index is 2.96. The van der Waals surface area contributed by atoms with Crippen molar-refractivity contribution in [2.45, 2.75) is 58.8 Å². The maximum atomic E-state index is 2.96. The van der Waals surface area contributed by atoms with Gasteiger partial charge in [-0.1, -0.05) is 58.8 Å². The van der Waals surface area contributed by atoms with E-state index in [1.54, 1.807) is 0 Å². The number of rotatable bonds is 7. The monoisotopic (exact) mass is 217 g/mol. The summed E-state index contributed by atoms with van der Waals surface area (Å²) in [7, 11) is -1.01. The summed E-state index contributed by atoms with van der Waals surface area (Å²) < 4.78 is 2.96. The molecule has 0 aromatic rings. The summed E-state index contributed by atoms with van der Waals surface area (Å²) in [5, 5.41) is 0. The van der Waals surface area contributed by atoms with E-state index in [-0.39, 0.29) is 0 Å². The molecule has 0 saturated carbocycles. The zero-order valence-electron chi connectivity index (χ0n) is 10.1. The number of hydrogen-bond acceptors (Lipinski definition) is 1. The molecule has 0 aromatic carbocycles. The molecule has 80 valence electrons. The molecular weight excluding hydrogens is 190 g/mol. The van der Waals surface area contributed by atoms with E-state index >= 15 is 0 Å². The Morgan fingerprint density at radius 2 is 1.00 bits per heavy atom. The van der Waals surface area contributed by atoms with E-state index in [1.165, 1.54) is 30.7 Å². The van der Waals surface area contributed by atoms with Crippen molar-refractivity contribution in [1.29, 1.82) is 0 Å². The second-order valence-corrected chi connectivity index (χ2v) is 11.6. The average Bonchev–Trinajstić information content (AvgIpc) is 2.18. The summed E-state index contributed by atoms with van der Waals surface area (Å²) in [6, 6.07) is 5.86. The van der Waals surface area contributed by atoms with Gasteiger partial charge >= 0.3 is 0 Å². The van der Waals surface area contributed by atoms with Gasteiger partial charge in [-0.25, -0.2) is 0 Å². The molecule has 0 bridgehead atoms. The zero-order valence-corrected chi connectivity index (χ0v) is 12.4. The van der Waals surface area contributed by atoms with Crippen molar-refractivity contribution in [3.63, 3.8) is 0 Å². The standard InChI is InChI=1S/C10H27NSi2/c1-6-11(12(7-2)8-3)13(9-4)10-5/h12-13H,6-10H2,1-5H3. The van der Waals surface area contributed by atoms with Gasteiger partial charge in [0.1, 0.15) is 17.9 Å². The molecule has 0 fully saturated rings. The molecule has 1 nitrogen and oxygen atoms in total. The van der Waals surface area contributed by atoms with Crippen LogP contribution in [0, 0.1) is 0 Å². The molecule has 0 heterocycles. The van der Waals surface area contributed by atoms with E-state index in [2.05, 4.69) is 38.8 Å². The van der Waals surface area contributed by atoms with E-state index in [1.807, 2.05) is 0 Å². The van der Waals surface area contributed by atoms with Crippen LogP contribution in [-0.2, 0) is 0 Å². The molecular formula is C10H27NSi2. The molecule has 13 heavy (non-hydrogen) atoms. The third-order valence-electron chi connectivity index (χ3n) is 3.19. The highest BCUT2D eigenvalue weighted by Crippen LogP contribution is 2.12. The minimum atomic E-state index is -0.505. The predicted octanol–water partition coefficient (Wildman–Crippen LogP) is 2.84. The normalized spacial score (nSPS) is 12.0. The van der Waals surface area contributed by atoms with Gasteiger partial charge in [0.25, 0.3) is 0 Å². The Labute approximate surface area is 87.9 Å². The largest absolute Gasteiger partial charge is 0.350 e. The Balaban J connectivity index is 4.26. The van der Waals surface area contributed by atoms with Crippen molar-refractivity contribution in [1.82, 2.24) is 4.23 Å². The van der Waals surface area contributed by atoms with Crippen molar-refractivity contribution in [2.24, 2.45) is 0 Å². The van der Waals surface area contributed by atoms with Crippen molar-refractivity contribution < 1.29 is 0 Å². The van der Waals surface area contributed by atoms with Gasteiger partial charge in [0.05, 0.1) is 0 Å². The Kier molecular flexibility index (Phi) is 8.00. The van der Waals surface area contributed by atoms with Crippen molar-refractivity contribution in [2.75, 3.05) is 6.54 Å². The van der Waals surface area contributed by atoms with E-state index in [0.29, 0.717) is 0 Å². The molecule has 0 N–H and O–H groups in total. The number of nitrogens with zero attached hydrogens (tertiary/aromatic N) is 1. The van der Waals surface area contributed by atoms with Crippen LogP contribution in [0.4, 0.5) is 0 Å². The van der Waals surface area contributed by atoms with Crippen molar-refractivity contribution in [3.8, 4) is 0 Å². The first-order valence-corrected chi connectivity index (χ1v) is 10.3. The molecule has 0 saturated heterocycles. The van der Waals surface area contributed by atoms with Crippen LogP contribution in [0.1, 0.15) is 34.6 Å². The van der Waals surface area contributed by atoms with E-state index in [0.717, 1.165) is 0 Å². The Morgan fingerprint density at radius 1 is 0.692 bits per heavy atom. The molecule has 0 aliphatic carbocycles. The first kappa shape index (κ1) is 13.4. The lowest BCUT2D eigenvalue weighted by Crippen LogP contribution is -2.47. The molecule has 0 atom stereocenters. The van der Waals surface area contributed by atoms with Crippen LogP contribution in [0.2, 0.25) is 24.2 Å². The van der Waals surface area contributed by atoms with E-state index in [4.69, 9.17) is 0 Å². The molecule has 0 amide bonds. The first-order chi connectivity index (χ1) is 6.24. The van der Waals surface area contributed by atoms with Gasteiger partial charge < -0.3 is 4.23 Å². The van der Waals surface area contributed by atoms with Gasteiger partial charge in [-0.15, -0.1) is 0 Å². The molecule has 0 rings (SSSR count). The lowest BCUT2D eigenvalue weighted by Gasteiger charge is -2.34. The molecule has 0 aliphatic rings. The Morgan fingerprint density at radius 3 is 1.15 bits per heavy atom. The predicted molar refractivity (Wildman–Crippen MR) is 68.6 cm³/mol. The summed E-state index contributed by atoms with van der Waals surface area (Å²) in [5.41, 5.74) is 0. The number of hydrogen-bond donors (Lipinski definition) is 0. The van der Waals surface area contributed by atoms with Crippen LogP contribution in [0.15, 0.2) is 0 Å². The lowest BCUT2D eigenvalue weighted by atomic mass is 10.8. The van der Waals surface area contributed by atoms with Crippen molar-refractivity contribution >= 4 is 17.9 Å². The SMILES string of the molecule is CCN([SiH](CC)CC)[SiH](CC)CC. The van der Waals surface area contributed by atoms with Gasteiger partial charge in [0, 0.05) is 0 Å². The summed E-state index contributed by atoms with van der Waals surface area (Å²) in [4.78, 5) is 0. The molecule has 0 aliphatic heterocycles. The zero-order chi connectivity index (χ0) is 10.3. The smallest absolute Gasteiger partial charge is 0.104 e. The summed E-state index contributed by atoms with van der Waals surface area (Å²) >= 11 is 0. The molecule has 0 aromatic heterocycles. The summed E-state index contributed by atoms with van der Waals surface area (Å²) in [6.07, 6.45) is 0. The highest BCUT2D eigenvalue weighted by atomic mass is 28.4. The third-order valence-corrected chi connectivity index (χ3v) is 12.1. The van der Waals surface area contributed by atoms with Crippen LogP contribution >= 0.6 is 0 Å². The van der Waals surface area contributed by atoms with E-state index < -0.39 is 17.9 Å². The quantitative estimate of drug-likeness (QED) is 0.593. The van der Waals surface area contributed by atoms with Gasteiger partial charge in [-0.2, -0.15) is 0 Å². The first-order valence-electron chi connectivity index (χ1n) is 6.00. The fourth-order valence-corrected chi connectivity index (χ4v) is 11.3. The van der Waals surface area contributed by atoms with Gasteiger partial charge in [0.2, 0.25) is 0 Å². The molecule has 0 unspecified atom stereocenters. The van der Waals surface area contributed by atoms with Crippen LogP contribution in [0.25, 0.3) is 0 Å². The van der Waals surface area contributed by atoms with Crippen LogP contribution in [-0.4, -0.2) is 28.7 Å².